The molecule has 2 aromatic rings. The Kier molecular flexibility index (Phi) is 4.33. The van der Waals surface area contributed by atoms with E-state index in [2.05, 4.69) is 19.7 Å². The highest BCUT2D eigenvalue weighted by atomic mass is 35.5. The number of benzene rings is 1. The number of halogens is 1. The molecule has 0 aliphatic carbocycles. The zero-order valence-electron chi connectivity index (χ0n) is 13.9. The third-order valence-corrected chi connectivity index (χ3v) is 5.44. The van der Waals surface area contributed by atoms with Gasteiger partial charge in [-0.15, -0.1) is 10.2 Å². The zero-order valence-corrected chi connectivity index (χ0v) is 14.7. The van der Waals surface area contributed by atoms with Gasteiger partial charge in [-0.25, -0.2) is 0 Å². The van der Waals surface area contributed by atoms with Gasteiger partial charge in [0.15, 0.2) is 5.82 Å². The van der Waals surface area contributed by atoms with Crippen LogP contribution in [0.2, 0.25) is 5.02 Å². The van der Waals surface area contributed by atoms with Crippen molar-refractivity contribution in [3.63, 3.8) is 0 Å². The van der Waals surface area contributed by atoms with Gasteiger partial charge in [-0.2, -0.15) is 0 Å². The van der Waals surface area contributed by atoms with E-state index < -0.39 is 4.92 Å². The molecule has 25 heavy (non-hydrogen) atoms. The van der Waals surface area contributed by atoms with Gasteiger partial charge in [0.25, 0.3) is 5.69 Å². The third-order valence-electron chi connectivity index (χ3n) is 5.14. The van der Waals surface area contributed by atoms with E-state index in [1.165, 1.54) is 25.0 Å². The molecule has 2 aliphatic heterocycles. The number of rotatable bonds is 3. The molecule has 1 atom stereocenters. The number of nitrogens with zero attached hydrogens (tertiary/aromatic N) is 5. The second kappa shape index (κ2) is 6.63. The molecule has 0 radical (unpaired) electrons. The average Bonchev–Trinajstić information content (AvgIpc) is 3.15. The fourth-order valence-corrected chi connectivity index (χ4v) is 4.20. The quantitative estimate of drug-likeness (QED) is 0.612. The number of hydrogen-bond acceptors (Lipinski definition) is 5. The number of hydrogen-bond donors (Lipinski definition) is 0. The molecule has 1 aromatic heterocycles. The van der Waals surface area contributed by atoms with Crippen molar-refractivity contribution < 1.29 is 4.92 Å². The summed E-state index contributed by atoms with van der Waals surface area (Å²) in [5.74, 6) is 2.08. The lowest BCUT2D eigenvalue weighted by Crippen LogP contribution is -2.26. The Morgan fingerprint density at radius 1 is 1.16 bits per heavy atom. The normalized spacial score (nSPS) is 20.4. The summed E-state index contributed by atoms with van der Waals surface area (Å²) < 4.78 is 2.27. The average molecular weight is 362 g/mol. The molecule has 0 N–H and O–H groups in total. The molecular formula is C17H20ClN5O2. The van der Waals surface area contributed by atoms with Crippen molar-refractivity contribution in [2.75, 3.05) is 11.4 Å². The van der Waals surface area contributed by atoms with Crippen LogP contribution in [0.3, 0.4) is 0 Å². The first-order valence-electron chi connectivity index (χ1n) is 8.77. The summed E-state index contributed by atoms with van der Waals surface area (Å²) >= 11 is 6.36. The lowest BCUT2D eigenvalue weighted by molar-refractivity contribution is -0.384. The molecule has 0 bridgehead atoms. The molecule has 2 aliphatic rings. The van der Waals surface area contributed by atoms with Crippen LogP contribution in [0, 0.1) is 10.1 Å². The second-order valence-electron chi connectivity index (χ2n) is 6.68. The minimum Gasteiger partial charge on any atom is -0.360 e. The first-order chi connectivity index (χ1) is 12.1. The Bertz CT molecular complexity index is 806. The van der Waals surface area contributed by atoms with Crippen molar-refractivity contribution in [3.05, 3.63) is 45.0 Å². The summed E-state index contributed by atoms with van der Waals surface area (Å²) in [6.07, 6.45) is 6.57. The van der Waals surface area contributed by atoms with Gasteiger partial charge in [-0.1, -0.05) is 18.0 Å². The maximum absolute atomic E-state index is 10.9. The molecule has 1 fully saturated rings. The predicted octanol–water partition coefficient (Wildman–Crippen LogP) is 3.91. The molecule has 132 valence electrons. The van der Waals surface area contributed by atoms with Gasteiger partial charge in [0.05, 0.1) is 21.7 Å². The van der Waals surface area contributed by atoms with Gasteiger partial charge in [0.2, 0.25) is 0 Å². The zero-order chi connectivity index (χ0) is 17.4. The number of aryl methyl sites for hydroxylation is 1. The standard InChI is InChI=1S/C17H20ClN5O2/c18-13-11-12(23(24)25)7-8-14(13)21-10-4-5-15(21)17-20-19-16-6-2-1-3-9-22(16)17/h7-8,11,15H,1-6,9-10H2/t15-/m1/s1. The van der Waals surface area contributed by atoms with Crippen LogP contribution in [0.25, 0.3) is 0 Å². The van der Waals surface area contributed by atoms with Crippen LogP contribution in [-0.2, 0) is 13.0 Å². The van der Waals surface area contributed by atoms with Crippen molar-refractivity contribution in [1.29, 1.82) is 0 Å². The highest BCUT2D eigenvalue weighted by Crippen LogP contribution is 2.40. The maximum Gasteiger partial charge on any atom is 0.271 e. The van der Waals surface area contributed by atoms with Crippen LogP contribution < -0.4 is 4.90 Å². The van der Waals surface area contributed by atoms with Crippen molar-refractivity contribution >= 4 is 23.0 Å². The van der Waals surface area contributed by atoms with E-state index in [0.717, 1.165) is 56.1 Å². The Morgan fingerprint density at radius 3 is 2.84 bits per heavy atom. The van der Waals surface area contributed by atoms with E-state index in [1.54, 1.807) is 6.07 Å². The summed E-state index contributed by atoms with van der Waals surface area (Å²) in [4.78, 5) is 12.7. The fraction of sp³-hybridized carbons (Fsp3) is 0.529. The Labute approximate surface area is 150 Å². The molecule has 4 rings (SSSR count). The fourth-order valence-electron chi connectivity index (χ4n) is 3.92. The monoisotopic (exact) mass is 361 g/mol. The second-order valence-corrected chi connectivity index (χ2v) is 7.09. The summed E-state index contributed by atoms with van der Waals surface area (Å²) in [5.41, 5.74) is 0.849. The maximum atomic E-state index is 10.9. The third kappa shape index (κ3) is 2.97. The molecule has 7 nitrogen and oxygen atoms in total. The lowest BCUT2D eigenvalue weighted by atomic mass is 10.2. The highest BCUT2D eigenvalue weighted by molar-refractivity contribution is 6.33. The minimum atomic E-state index is -0.421. The van der Waals surface area contributed by atoms with E-state index >= 15 is 0 Å². The van der Waals surface area contributed by atoms with Gasteiger partial charge in [-0.3, -0.25) is 10.1 Å². The highest BCUT2D eigenvalue weighted by Gasteiger charge is 2.33. The first kappa shape index (κ1) is 16.3. The van der Waals surface area contributed by atoms with Gasteiger partial charge in [0.1, 0.15) is 5.82 Å². The molecule has 0 spiro atoms. The van der Waals surface area contributed by atoms with Crippen LogP contribution in [0.4, 0.5) is 11.4 Å². The SMILES string of the molecule is O=[N+]([O-])c1ccc(N2CCC[C@@H]2c2nnc3n2CCCCC3)c(Cl)c1. The first-order valence-corrected chi connectivity index (χ1v) is 9.15. The lowest BCUT2D eigenvalue weighted by Gasteiger charge is -2.27. The van der Waals surface area contributed by atoms with Crippen molar-refractivity contribution in [2.45, 2.75) is 51.1 Å². The van der Waals surface area contributed by atoms with Crippen LogP contribution in [-0.4, -0.2) is 26.2 Å². The Balaban J connectivity index is 1.68. The number of nitro benzene ring substituents is 1. The molecule has 1 saturated heterocycles. The number of nitro groups is 1. The van der Waals surface area contributed by atoms with E-state index in [1.807, 2.05) is 0 Å². The number of anilines is 1. The summed E-state index contributed by atoms with van der Waals surface area (Å²) in [7, 11) is 0. The van der Waals surface area contributed by atoms with Gasteiger partial charge < -0.3 is 9.47 Å². The van der Waals surface area contributed by atoms with Gasteiger partial charge in [-0.05, 0) is 31.7 Å². The van der Waals surface area contributed by atoms with Crippen LogP contribution >= 0.6 is 11.6 Å². The minimum absolute atomic E-state index is 0.0147. The predicted molar refractivity (Wildman–Crippen MR) is 95.0 cm³/mol. The van der Waals surface area contributed by atoms with E-state index in [0.29, 0.717) is 5.02 Å². The summed E-state index contributed by atoms with van der Waals surface area (Å²) in [6, 6.07) is 4.81. The Hall–Kier alpha value is -2.15. The molecule has 1 aromatic carbocycles. The van der Waals surface area contributed by atoms with Gasteiger partial charge >= 0.3 is 0 Å². The van der Waals surface area contributed by atoms with Crippen LogP contribution in [0.5, 0.6) is 0 Å². The van der Waals surface area contributed by atoms with E-state index in [-0.39, 0.29) is 11.7 Å². The van der Waals surface area contributed by atoms with Gasteiger partial charge in [0, 0.05) is 31.6 Å². The van der Waals surface area contributed by atoms with Crippen LogP contribution in [0.1, 0.15) is 49.8 Å². The van der Waals surface area contributed by atoms with Crippen molar-refractivity contribution in [3.8, 4) is 0 Å². The topological polar surface area (TPSA) is 77.1 Å². The molecule has 3 heterocycles. The molecular weight excluding hydrogens is 342 g/mol. The number of fused-ring (bicyclic) bond motifs is 1. The van der Waals surface area contributed by atoms with E-state index in [4.69, 9.17) is 11.6 Å². The summed E-state index contributed by atoms with van der Waals surface area (Å²) in [5, 5.41) is 20.3. The number of non-ortho nitro benzene ring substituents is 1. The molecule has 0 unspecified atom stereocenters. The van der Waals surface area contributed by atoms with Crippen LogP contribution in [0.15, 0.2) is 18.2 Å². The van der Waals surface area contributed by atoms with E-state index in [9.17, 15) is 10.1 Å². The summed E-state index contributed by atoms with van der Waals surface area (Å²) in [6.45, 7) is 1.83. The largest absolute Gasteiger partial charge is 0.360 e. The van der Waals surface area contributed by atoms with Crippen molar-refractivity contribution in [1.82, 2.24) is 14.8 Å². The Morgan fingerprint density at radius 2 is 2.04 bits per heavy atom. The smallest absolute Gasteiger partial charge is 0.271 e. The molecule has 8 heteroatoms. The number of aromatic nitrogens is 3. The molecule has 0 amide bonds. The van der Waals surface area contributed by atoms with Crippen molar-refractivity contribution in [2.24, 2.45) is 0 Å². The molecule has 0 saturated carbocycles.